The molecule has 194 valence electrons. The number of Topliss-reactive ketones (excluding diaryl/α,β-unsaturated/α-hetero) is 1. The van der Waals surface area contributed by atoms with Gasteiger partial charge in [0.15, 0.2) is 11.6 Å². The summed E-state index contributed by atoms with van der Waals surface area (Å²) in [5.41, 5.74) is -0.0261. The Morgan fingerprint density at radius 1 is 1.03 bits per heavy atom. The fourth-order valence-corrected chi connectivity index (χ4v) is 9.90. The zero-order valence-corrected chi connectivity index (χ0v) is 23.1. The number of amides is 1. The maximum absolute atomic E-state index is 14.3. The summed E-state index contributed by atoms with van der Waals surface area (Å²) in [6.07, 6.45) is 10.0. The van der Waals surface area contributed by atoms with Gasteiger partial charge in [0.25, 0.3) is 0 Å². The van der Waals surface area contributed by atoms with Gasteiger partial charge < -0.3 is 5.32 Å². The maximum atomic E-state index is 14.3. The van der Waals surface area contributed by atoms with Crippen LogP contribution in [0.1, 0.15) is 86.5 Å². The summed E-state index contributed by atoms with van der Waals surface area (Å²) in [6.45, 7) is 13.3. The molecular formula is C31H42N2O3. The van der Waals surface area contributed by atoms with E-state index < -0.39 is 10.8 Å². The Morgan fingerprint density at radius 2 is 1.69 bits per heavy atom. The average Bonchev–Trinajstić information content (AvgIpc) is 2.82. The van der Waals surface area contributed by atoms with Gasteiger partial charge in [0.1, 0.15) is 6.07 Å². The van der Waals surface area contributed by atoms with E-state index in [-0.39, 0.29) is 63.0 Å². The van der Waals surface area contributed by atoms with Crippen molar-refractivity contribution in [3.05, 3.63) is 23.3 Å². The van der Waals surface area contributed by atoms with Crippen LogP contribution < -0.4 is 5.32 Å². The Hall–Kier alpha value is -2.22. The third-order valence-corrected chi connectivity index (χ3v) is 12.2. The standard InChI is InChI=1S/C31H42N2O3/c1-18-20-8-9-29(5)23(28(20,4)15-19(17-32)25(18)35)14-22(34)24-21-16-27(2,3)10-12-31(21,26(36)33-7)13-11-30(24,29)6/h14-15,18,20-21,24H,8-13,16H2,1-7H3,(H,33,36)/t18-,20?,21?,24?,28-,29+,30+,31-/m0/s1. The van der Waals surface area contributed by atoms with Crippen LogP contribution in [0.15, 0.2) is 23.3 Å². The lowest BCUT2D eigenvalue weighted by molar-refractivity contribution is -0.177. The van der Waals surface area contributed by atoms with Gasteiger partial charge in [-0.3, -0.25) is 14.4 Å². The maximum Gasteiger partial charge on any atom is 0.226 e. The Morgan fingerprint density at radius 3 is 2.33 bits per heavy atom. The number of nitrogens with zero attached hydrogens (tertiary/aromatic N) is 1. The third-order valence-electron chi connectivity index (χ3n) is 12.2. The molecule has 5 aliphatic rings. The first kappa shape index (κ1) is 25.4. The van der Waals surface area contributed by atoms with Gasteiger partial charge in [-0.15, -0.1) is 0 Å². The lowest BCUT2D eigenvalue weighted by atomic mass is 9.34. The van der Waals surface area contributed by atoms with Crippen molar-refractivity contribution >= 4 is 17.5 Å². The van der Waals surface area contributed by atoms with Crippen molar-refractivity contribution in [1.29, 1.82) is 5.26 Å². The zero-order chi connectivity index (χ0) is 26.5. The number of allylic oxidation sites excluding steroid dienone is 4. The van der Waals surface area contributed by atoms with Crippen molar-refractivity contribution in [2.24, 2.45) is 50.7 Å². The van der Waals surface area contributed by atoms with Crippen LogP contribution in [0.2, 0.25) is 0 Å². The SMILES string of the molecule is CNC(=O)[C@]12CCC(C)(C)CC1C1C(=O)C=C3[C@@]4(C)C=C(C#N)C(=O)[C@@H](C)C4CC[C@@]3(C)[C@]1(C)CC2. The van der Waals surface area contributed by atoms with Crippen LogP contribution in [0, 0.1) is 62.1 Å². The van der Waals surface area contributed by atoms with E-state index in [2.05, 4.69) is 46.0 Å². The number of carbonyl (C=O) groups is 3. The normalized spacial score (nSPS) is 47.2. The number of hydrogen-bond acceptors (Lipinski definition) is 4. The predicted molar refractivity (Wildman–Crippen MR) is 138 cm³/mol. The molecule has 8 atom stereocenters. The van der Waals surface area contributed by atoms with Gasteiger partial charge in [0, 0.05) is 24.3 Å². The van der Waals surface area contributed by atoms with Crippen LogP contribution >= 0.6 is 0 Å². The largest absolute Gasteiger partial charge is 0.359 e. The van der Waals surface area contributed by atoms with Gasteiger partial charge in [-0.2, -0.15) is 5.26 Å². The first-order chi connectivity index (χ1) is 16.7. The molecule has 36 heavy (non-hydrogen) atoms. The first-order valence-corrected chi connectivity index (χ1v) is 13.9. The van der Waals surface area contributed by atoms with E-state index in [1.165, 1.54) is 0 Å². The van der Waals surface area contributed by atoms with Crippen LogP contribution in [0.4, 0.5) is 0 Å². The number of nitriles is 1. The molecule has 0 aliphatic heterocycles. The molecule has 0 spiro atoms. The molecular weight excluding hydrogens is 448 g/mol. The number of carbonyl (C=O) groups excluding carboxylic acids is 3. The summed E-state index contributed by atoms with van der Waals surface area (Å²) in [6, 6.07) is 2.15. The summed E-state index contributed by atoms with van der Waals surface area (Å²) >= 11 is 0. The van der Waals surface area contributed by atoms with E-state index in [9.17, 15) is 19.6 Å². The molecule has 0 saturated heterocycles. The van der Waals surface area contributed by atoms with Gasteiger partial charge in [-0.1, -0.05) is 53.2 Å². The van der Waals surface area contributed by atoms with E-state index in [0.29, 0.717) is 0 Å². The van der Waals surface area contributed by atoms with Crippen LogP contribution in [0.3, 0.4) is 0 Å². The lowest BCUT2D eigenvalue weighted by Crippen LogP contribution is -2.66. The van der Waals surface area contributed by atoms with Crippen LogP contribution in [-0.4, -0.2) is 24.5 Å². The van der Waals surface area contributed by atoms with Crippen LogP contribution in [0.5, 0.6) is 0 Å². The number of hydrogen-bond donors (Lipinski definition) is 1. The quantitative estimate of drug-likeness (QED) is 0.521. The molecule has 1 amide bonds. The highest BCUT2D eigenvalue weighted by Gasteiger charge is 2.70. The summed E-state index contributed by atoms with van der Waals surface area (Å²) in [7, 11) is 1.73. The van der Waals surface area contributed by atoms with E-state index in [0.717, 1.165) is 50.5 Å². The Balaban J connectivity index is 1.69. The van der Waals surface area contributed by atoms with Gasteiger partial charge in [0.05, 0.1) is 11.0 Å². The number of rotatable bonds is 1. The van der Waals surface area contributed by atoms with Crippen molar-refractivity contribution in [3.8, 4) is 6.07 Å². The van der Waals surface area contributed by atoms with E-state index >= 15 is 0 Å². The second-order valence-corrected chi connectivity index (χ2v) is 14.1. The molecule has 1 N–H and O–H groups in total. The molecule has 5 aliphatic carbocycles. The second kappa shape index (κ2) is 7.65. The Labute approximate surface area is 216 Å². The average molecular weight is 491 g/mol. The molecule has 5 nitrogen and oxygen atoms in total. The van der Waals surface area contributed by atoms with Crippen LogP contribution in [0.25, 0.3) is 0 Å². The number of ketones is 2. The summed E-state index contributed by atoms with van der Waals surface area (Å²) < 4.78 is 0. The van der Waals surface area contributed by atoms with Crippen molar-refractivity contribution in [2.45, 2.75) is 86.5 Å². The molecule has 0 bridgehead atoms. The van der Waals surface area contributed by atoms with Crippen molar-refractivity contribution in [2.75, 3.05) is 7.05 Å². The van der Waals surface area contributed by atoms with E-state index in [4.69, 9.17) is 0 Å². The molecule has 3 saturated carbocycles. The highest BCUT2D eigenvalue weighted by molar-refractivity contribution is 6.02. The highest BCUT2D eigenvalue weighted by atomic mass is 16.2. The molecule has 0 radical (unpaired) electrons. The van der Waals surface area contributed by atoms with Gasteiger partial charge in [0.2, 0.25) is 5.91 Å². The minimum atomic E-state index is -0.490. The molecule has 0 aromatic heterocycles. The van der Waals surface area contributed by atoms with Crippen molar-refractivity contribution in [1.82, 2.24) is 5.32 Å². The molecule has 5 heteroatoms. The monoisotopic (exact) mass is 490 g/mol. The van der Waals surface area contributed by atoms with Gasteiger partial charge in [-0.05, 0) is 79.1 Å². The lowest BCUT2D eigenvalue weighted by Gasteiger charge is -2.68. The molecule has 3 fully saturated rings. The predicted octanol–water partition coefficient (Wildman–Crippen LogP) is 5.56. The topological polar surface area (TPSA) is 87.0 Å². The molecule has 0 aromatic rings. The minimum Gasteiger partial charge on any atom is -0.359 e. The summed E-state index contributed by atoms with van der Waals surface area (Å²) in [5, 5.41) is 12.7. The number of nitrogens with one attached hydrogen (secondary N) is 1. The van der Waals surface area contributed by atoms with E-state index in [1.807, 2.05) is 19.1 Å². The smallest absolute Gasteiger partial charge is 0.226 e. The fourth-order valence-electron chi connectivity index (χ4n) is 9.90. The number of fused-ring (bicyclic) bond motifs is 7. The zero-order valence-electron chi connectivity index (χ0n) is 23.1. The summed E-state index contributed by atoms with van der Waals surface area (Å²) in [5.74, 6) is -0.117. The summed E-state index contributed by atoms with van der Waals surface area (Å²) in [4.78, 5) is 40.6. The minimum absolute atomic E-state index is 0.0182. The van der Waals surface area contributed by atoms with Gasteiger partial charge in [-0.25, -0.2) is 0 Å². The fraction of sp³-hybridized carbons (Fsp3) is 0.742. The Kier molecular flexibility index (Phi) is 5.40. The first-order valence-electron chi connectivity index (χ1n) is 13.9. The van der Waals surface area contributed by atoms with E-state index in [1.54, 1.807) is 7.05 Å². The van der Waals surface area contributed by atoms with Crippen molar-refractivity contribution in [3.63, 3.8) is 0 Å². The Bertz CT molecular complexity index is 1160. The second-order valence-electron chi connectivity index (χ2n) is 14.1. The van der Waals surface area contributed by atoms with Crippen LogP contribution in [-0.2, 0) is 14.4 Å². The van der Waals surface area contributed by atoms with Gasteiger partial charge >= 0.3 is 0 Å². The molecule has 5 rings (SSSR count). The molecule has 3 unspecified atom stereocenters. The van der Waals surface area contributed by atoms with Crippen molar-refractivity contribution < 1.29 is 14.4 Å². The third kappa shape index (κ3) is 2.96. The molecule has 0 aromatic carbocycles. The highest BCUT2D eigenvalue weighted by Crippen LogP contribution is 2.73. The molecule has 0 heterocycles.